The Morgan fingerprint density at radius 3 is 3.12 bits per heavy atom. The summed E-state index contributed by atoms with van der Waals surface area (Å²) >= 11 is 0. The van der Waals surface area contributed by atoms with E-state index in [9.17, 15) is 9.90 Å². The van der Waals surface area contributed by atoms with E-state index >= 15 is 0 Å². The number of carbonyl (C=O) groups excluding carboxylic acids is 1. The van der Waals surface area contributed by atoms with Crippen LogP contribution in [0.2, 0.25) is 0 Å². The molecule has 1 amide bonds. The largest absolute Gasteiger partial charge is 0.505 e. The highest BCUT2D eigenvalue weighted by atomic mass is 16.3. The van der Waals surface area contributed by atoms with Gasteiger partial charge in [0.25, 0.3) is 5.91 Å². The Bertz CT molecular complexity index is 392. The van der Waals surface area contributed by atoms with Crippen molar-refractivity contribution >= 4 is 5.91 Å². The molecule has 1 aliphatic heterocycles. The first kappa shape index (κ1) is 10.9. The number of likely N-dealkylation sites (tertiary alicyclic amines) is 1. The molecule has 2 rings (SSSR count). The molecular weight excluding hydrogens is 204 g/mol. The van der Waals surface area contributed by atoms with Crippen LogP contribution in [-0.4, -0.2) is 34.0 Å². The number of pyridine rings is 1. The normalized spacial score (nSPS) is 20.1. The molecule has 1 atom stereocenters. The summed E-state index contributed by atoms with van der Waals surface area (Å²) in [4.78, 5) is 17.6. The van der Waals surface area contributed by atoms with Crippen LogP contribution in [0.25, 0.3) is 0 Å². The fourth-order valence-electron chi connectivity index (χ4n) is 2.09. The Labute approximate surface area is 94.9 Å². The zero-order valence-corrected chi connectivity index (χ0v) is 9.39. The predicted molar refractivity (Wildman–Crippen MR) is 60.2 cm³/mol. The van der Waals surface area contributed by atoms with Crippen molar-refractivity contribution in [2.24, 2.45) is 5.92 Å². The van der Waals surface area contributed by atoms with E-state index in [1.54, 1.807) is 6.07 Å². The highest BCUT2D eigenvalue weighted by Crippen LogP contribution is 2.23. The van der Waals surface area contributed by atoms with Gasteiger partial charge in [0.05, 0.1) is 11.8 Å². The molecule has 1 aliphatic rings. The third-order valence-corrected chi connectivity index (χ3v) is 3.18. The van der Waals surface area contributed by atoms with Crippen LogP contribution in [0.15, 0.2) is 18.5 Å². The van der Waals surface area contributed by atoms with Crippen LogP contribution in [0.4, 0.5) is 0 Å². The first-order valence-electron chi connectivity index (χ1n) is 5.64. The molecule has 0 radical (unpaired) electrons. The molecule has 4 heteroatoms. The van der Waals surface area contributed by atoms with Crippen LogP contribution >= 0.6 is 0 Å². The predicted octanol–water partition coefficient (Wildman–Crippen LogP) is 1.66. The molecule has 0 bridgehead atoms. The Morgan fingerprint density at radius 2 is 2.50 bits per heavy atom. The van der Waals surface area contributed by atoms with Gasteiger partial charge in [-0.05, 0) is 18.4 Å². The van der Waals surface area contributed by atoms with Crippen molar-refractivity contribution in [2.75, 3.05) is 13.1 Å². The maximum absolute atomic E-state index is 12.1. The van der Waals surface area contributed by atoms with Crippen LogP contribution in [-0.2, 0) is 0 Å². The fraction of sp³-hybridized carbons (Fsp3) is 0.500. The van der Waals surface area contributed by atoms with E-state index < -0.39 is 0 Å². The minimum absolute atomic E-state index is 0.0348. The molecule has 1 saturated heterocycles. The van der Waals surface area contributed by atoms with E-state index in [0.717, 1.165) is 25.9 Å². The average Bonchev–Trinajstić information content (AvgIpc) is 2.77. The third-order valence-electron chi connectivity index (χ3n) is 3.18. The molecule has 86 valence electrons. The van der Waals surface area contributed by atoms with Gasteiger partial charge in [-0.15, -0.1) is 0 Å². The summed E-state index contributed by atoms with van der Waals surface area (Å²) in [5, 5.41) is 9.55. The van der Waals surface area contributed by atoms with E-state index in [1.165, 1.54) is 12.4 Å². The van der Waals surface area contributed by atoms with Crippen molar-refractivity contribution in [3.05, 3.63) is 24.0 Å². The van der Waals surface area contributed by atoms with E-state index in [1.807, 2.05) is 4.90 Å². The summed E-state index contributed by atoms with van der Waals surface area (Å²) in [6.45, 7) is 3.73. The number of carbonyl (C=O) groups is 1. The second-order valence-electron chi connectivity index (χ2n) is 4.21. The molecular formula is C12H16N2O2. The van der Waals surface area contributed by atoms with Crippen molar-refractivity contribution in [1.82, 2.24) is 9.88 Å². The van der Waals surface area contributed by atoms with Crippen molar-refractivity contribution in [3.63, 3.8) is 0 Å². The quantitative estimate of drug-likeness (QED) is 0.824. The molecule has 4 nitrogen and oxygen atoms in total. The second kappa shape index (κ2) is 4.51. The van der Waals surface area contributed by atoms with Gasteiger partial charge >= 0.3 is 0 Å². The second-order valence-corrected chi connectivity index (χ2v) is 4.21. The summed E-state index contributed by atoms with van der Waals surface area (Å²) < 4.78 is 0. The molecule has 0 spiro atoms. The number of amides is 1. The molecule has 16 heavy (non-hydrogen) atoms. The summed E-state index contributed by atoms with van der Waals surface area (Å²) in [6, 6.07) is 1.57. The molecule has 1 unspecified atom stereocenters. The zero-order valence-electron chi connectivity index (χ0n) is 9.39. The topological polar surface area (TPSA) is 53.4 Å². The Kier molecular flexibility index (Phi) is 3.08. The lowest BCUT2D eigenvalue weighted by molar-refractivity contribution is 0.0783. The minimum Gasteiger partial charge on any atom is -0.505 e. The Balaban J connectivity index is 2.12. The van der Waals surface area contributed by atoms with Crippen molar-refractivity contribution in [3.8, 4) is 5.75 Å². The zero-order chi connectivity index (χ0) is 11.5. The fourth-order valence-corrected chi connectivity index (χ4v) is 2.09. The smallest absolute Gasteiger partial charge is 0.257 e. The Hall–Kier alpha value is -1.58. The molecule has 1 N–H and O–H groups in total. The molecule has 1 aromatic rings. The van der Waals surface area contributed by atoms with E-state index in [4.69, 9.17) is 0 Å². The molecule has 0 aliphatic carbocycles. The van der Waals surface area contributed by atoms with Gasteiger partial charge in [0.1, 0.15) is 5.75 Å². The average molecular weight is 220 g/mol. The van der Waals surface area contributed by atoms with Gasteiger partial charge in [-0.2, -0.15) is 0 Å². The molecule has 0 saturated carbocycles. The van der Waals surface area contributed by atoms with Crippen molar-refractivity contribution in [1.29, 1.82) is 0 Å². The first-order valence-corrected chi connectivity index (χ1v) is 5.64. The van der Waals surface area contributed by atoms with E-state index in [-0.39, 0.29) is 11.7 Å². The number of nitrogens with zero attached hydrogens (tertiary/aromatic N) is 2. The van der Waals surface area contributed by atoms with Gasteiger partial charge in [-0.25, -0.2) is 0 Å². The van der Waals surface area contributed by atoms with Gasteiger partial charge in [0.2, 0.25) is 0 Å². The van der Waals surface area contributed by atoms with Crippen LogP contribution < -0.4 is 0 Å². The van der Waals surface area contributed by atoms with Gasteiger partial charge in [0, 0.05) is 19.3 Å². The molecule has 0 aromatic carbocycles. The third kappa shape index (κ3) is 2.01. The van der Waals surface area contributed by atoms with E-state index in [0.29, 0.717) is 11.5 Å². The standard InChI is InChI=1S/C12H16N2O2/c1-2-9-4-6-14(8-9)12(16)10-3-5-13-7-11(10)15/h3,5,7,9,15H,2,4,6,8H2,1H3. The number of hydrogen-bond acceptors (Lipinski definition) is 3. The van der Waals surface area contributed by atoms with Crippen LogP contribution in [0.3, 0.4) is 0 Å². The number of rotatable bonds is 2. The van der Waals surface area contributed by atoms with Crippen LogP contribution in [0.1, 0.15) is 30.1 Å². The van der Waals surface area contributed by atoms with Crippen molar-refractivity contribution < 1.29 is 9.90 Å². The SMILES string of the molecule is CCC1CCN(C(=O)c2ccncc2O)C1. The van der Waals surface area contributed by atoms with E-state index in [2.05, 4.69) is 11.9 Å². The van der Waals surface area contributed by atoms with Crippen LogP contribution in [0, 0.1) is 5.92 Å². The summed E-state index contributed by atoms with van der Waals surface area (Å²) in [5.74, 6) is 0.483. The monoisotopic (exact) mass is 220 g/mol. The highest BCUT2D eigenvalue weighted by Gasteiger charge is 2.26. The highest BCUT2D eigenvalue weighted by molar-refractivity contribution is 5.96. The molecule has 1 fully saturated rings. The molecule has 1 aromatic heterocycles. The summed E-state index contributed by atoms with van der Waals surface area (Å²) in [7, 11) is 0. The van der Waals surface area contributed by atoms with Gasteiger partial charge in [-0.3, -0.25) is 9.78 Å². The van der Waals surface area contributed by atoms with Crippen LogP contribution in [0.5, 0.6) is 5.75 Å². The van der Waals surface area contributed by atoms with Gasteiger partial charge in [0.15, 0.2) is 0 Å². The number of aromatic nitrogens is 1. The maximum atomic E-state index is 12.1. The lowest BCUT2D eigenvalue weighted by atomic mass is 10.1. The molecule has 2 heterocycles. The number of aromatic hydroxyl groups is 1. The maximum Gasteiger partial charge on any atom is 0.257 e. The van der Waals surface area contributed by atoms with Crippen molar-refractivity contribution in [2.45, 2.75) is 19.8 Å². The van der Waals surface area contributed by atoms with Gasteiger partial charge < -0.3 is 10.0 Å². The lowest BCUT2D eigenvalue weighted by Gasteiger charge is -2.16. The Morgan fingerprint density at radius 1 is 1.69 bits per heavy atom. The summed E-state index contributed by atoms with van der Waals surface area (Å²) in [5.41, 5.74) is 0.353. The summed E-state index contributed by atoms with van der Waals surface area (Å²) in [6.07, 6.45) is 5.00. The number of hydrogen-bond donors (Lipinski definition) is 1. The minimum atomic E-state index is -0.0872. The first-order chi connectivity index (χ1) is 7.72. The van der Waals surface area contributed by atoms with Gasteiger partial charge in [-0.1, -0.05) is 13.3 Å². The lowest BCUT2D eigenvalue weighted by Crippen LogP contribution is -2.28.